The quantitative estimate of drug-likeness (QED) is 0.836. The fraction of sp³-hybridized carbons (Fsp3) is 0.500. The highest BCUT2D eigenvalue weighted by atomic mass is 16.2. The van der Waals surface area contributed by atoms with E-state index in [9.17, 15) is 9.59 Å². The van der Waals surface area contributed by atoms with Gasteiger partial charge in [-0.05, 0) is 31.9 Å². The molecule has 114 valence electrons. The average molecular weight is 289 g/mol. The SMILES string of the molecule is CC(NCCC(=O)N1CCCC1)C(=O)Nc1ccccc1. The topological polar surface area (TPSA) is 61.4 Å². The van der Waals surface area contributed by atoms with E-state index in [4.69, 9.17) is 0 Å². The van der Waals surface area contributed by atoms with Crippen LogP contribution in [0.1, 0.15) is 26.2 Å². The summed E-state index contributed by atoms with van der Waals surface area (Å²) in [5.41, 5.74) is 0.782. The minimum atomic E-state index is -0.323. The molecule has 21 heavy (non-hydrogen) atoms. The summed E-state index contributed by atoms with van der Waals surface area (Å²) in [6, 6.07) is 9.03. The van der Waals surface area contributed by atoms with Crippen LogP contribution in [0.3, 0.4) is 0 Å². The van der Waals surface area contributed by atoms with Crippen LogP contribution >= 0.6 is 0 Å². The van der Waals surface area contributed by atoms with Crippen molar-refractivity contribution in [2.75, 3.05) is 25.0 Å². The Balaban J connectivity index is 1.67. The van der Waals surface area contributed by atoms with Crippen LogP contribution in [-0.2, 0) is 9.59 Å². The molecule has 1 aromatic rings. The van der Waals surface area contributed by atoms with Crippen LogP contribution in [0, 0.1) is 0 Å². The van der Waals surface area contributed by atoms with Crippen LogP contribution in [0.15, 0.2) is 30.3 Å². The molecular formula is C16H23N3O2. The van der Waals surface area contributed by atoms with Gasteiger partial charge < -0.3 is 15.5 Å². The van der Waals surface area contributed by atoms with Crippen LogP contribution in [0.25, 0.3) is 0 Å². The fourth-order valence-corrected chi connectivity index (χ4v) is 2.38. The molecule has 1 aliphatic rings. The highest BCUT2D eigenvalue weighted by Crippen LogP contribution is 2.08. The predicted octanol–water partition coefficient (Wildman–Crippen LogP) is 1.62. The molecule has 0 radical (unpaired) electrons. The van der Waals surface area contributed by atoms with Gasteiger partial charge in [0.1, 0.15) is 0 Å². The molecule has 1 fully saturated rings. The molecule has 0 aromatic heterocycles. The first-order valence-electron chi connectivity index (χ1n) is 7.54. The largest absolute Gasteiger partial charge is 0.343 e. The second kappa shape index (κ2) is 7.78. The Morgan fingerprint density at radius 1 is 1.19 bits per heavy atom. The lowest BCUT2D eigenvalue weighted by atomic mass is 10.2. The van der Waals surface area contributed by atoms with Crippen molar-refractivity contribution < 1.29 is 9.59 Å². The molecule has 5 heteroatoms. The van der Waals surface area contributed by atoms with Gasteiger partial charge >= 0.3 is 0 Å². The van der Waals surface area contributed by atoms with Gasteiger partial charge in [-0.1, -0.05) is 18.2 Å². The van der Waals surface area contributed by atoms with E-state index in [-0.39, 0.29) is 17.9 Å². The van der Waals surface area contributed by atoms with Gasteiger partial charge in [0, 0.05) is 31.7 Å². The van der Waals surface area contributed by atoms with Crippen LogP contribution in [0.5, 0.6) is 0 Å². The zero-order valence-corrected chi connectivity index (χ0v) is 12.5. The van der Waals surface area contributed by atoms with Gasteiger partial charge in [-0.2, -0.15) is 0 Å². The lowest BCUT2D eigenvalue weighted by molar-refractivity contribution is -0.130. The molecule has 5 nitrogen and oxygen atoms in total. The minimum absolute atomic E-state index is 0.0881. The second-order valence-corrected chi connectivity index (χ2v) is 5.37. The number of likely N-dealkylation sites (tertiary alicyclic amines) is 1. The number of carbonyl (C=O) groups excluding carboxylic acids is 2. The minimum Gasteiger partial charge on any atom is -0.343 e. The summed E-state index contributed by atoms with van der Waals surface area (Å²) in [6.45, 7) is 4.09. The van der Waals surface area contributed by atoms with E-state index < -0.39 is 0 Å². The fourth-order valence-electron chi connectivity index (χ4n) is 2.38. The number of hydrogen-bond donors (Lipinski definition) is 2. The molecule has 2 amide bonds. The van der Waals surface area contributed by atoms with E-state index >= 15 is 0 Å². The molecule has 1 aliphatic heterocycles. The van der Waals surface area contributed by atoms with Gasteiger partial charge in [0.05, 0.1) is 6.04 Å². The molecular weight excluding hydrogens is 266 g/mol. The normalized spacial score (nSPS) is 15.8. The van der Waals surface area contributed by atoms with Crippen LogP contribution < -0.4 is 10.6 Å². The van der Waals surface area contributed by atoms with Crippen molar-refractivity contribution in [3.8, 4) is 0 Å². The van der Waals surface area contributed by atoms with Crippen molar-refractivity contribution in [3.63, 3.8) is 0 Å². The summed E-state index contributed by atoms with van der Waals surface area (Å²) in [6.07, 6.45) is 2.66. The van der Waals surface area contributed by atoms with Crippen molar-refractivity contribution in [1.29, 1.82) is 0 Å². The van der Waals surface area contributed by atoms with Crippen molar-refractivity contribution in [3.05, 3.63) is 30.3 Å². The predicted molar refractivity (Wildman–Crippen MR) is 83.0 cm³/mol. The molecule has 1 atom stereocenters. The summed E-state index contributed by atoms with van der Waals surface area (Å²) < 4.78 is 0. The van der Waals surface area contributed by atoms with E-state index in [1.54, 1.807) is 6.92 Å². The Kier molecular flexibility index (Phi) is 5.75. The van der Waals surface area contributed by atoms with Gasteiger partial charge in [-0.25, -0.2) is 0 Å². The zero-order chi connectivity index (χ0) is 15.1. The summed E-state index contributed by atoms with van der Waals surface area (Å²) in [5.74, 6) is 0.0884. The molecule has 1 unspecified atom stereocenters. The highest BCUT2D eigenvalue weighted by Gasteiger charge is 2.18. The lowest BCUT2D eigenvalue weighted by Crippen LogP contribution is -2.40. The number of amides is 2. The zero-order valence-electron chi connectivity index (χ0n) is 12.5. The van der Waals surface area contributed by atoms with Crippen molar-refractivity contribution >= 4 is 17.5 Å². The maximum atomic E-state index is 12.0. The highest BCUT2D eigenvalue weighted by molar-refractivity contribution is 5.94. The van der Waals surface area contributed by atoms with Crippen LogP contribution in [-0.4, -0.2) is 42.4 Å². The first kappa shape index (κ1) is 15.5. The van der Waals surface area contributed by atoms with E-state index in [0.717, 1.165) is 31.6 Å². The third kappa shape index (κ3) is 4.86. The van der Waals surface area contributed by atoms with E-state index in [2.05, 4.69) is 10.6 Å². The van der Waals surface area contributed by atoms with E-state index in [0.29, 0.717) is 13.0 Å². The molecule has 1 saturated heterocycles. The number of carbonyl (C=O) groups is 2. The average Bonchev–Trinajstić information content (AvgIpc) is 3.02. The number of rotatable bonds is 6. The van der Waals surface area contributed by atoms with Gasteiger partial charge in [-0.3, -0.25) is 9.59 Å². The number of nitrogens with zero attached hydrogens (tertiary/aromatic N) is 1. The van der Waals surface area contributed by atoms with Crippen LogP contribution in [0.2, 0.25) is 0 Å². The van der Waals surface area contributed by atoms with Gasteiger partial charge in [0.15, 0.2) is 0 Å². The Labute approximate surface area is 125 Å². The first-order chi connectivity index (χ1) is 10.2. The second-order valence-electron chi connectivity index (χ2n) is 5.37. The molecule has 0 saturated carbocycles. The molecule has 2 rings (SSSR count). The standard InChI is InChI=1S/C16H23N3O2/c1-13(16(21)18-14-7-3-2-4-8-14)17-10-9-15(20)19-11-5-6-12-19/h2-4,7-8,13,17H,5-6,9-12H2,1H3,(H,18,21). The molecule has 0 bridgehead atoms. The van der Waals surface area contributed by atoms with Crippen molar-refractivity contribution in [1.82, 2.24) is 10.2 Å². The van der Waals surface area contributed by atoms with Crippen molar-refractivity contribution in [2.45, 2.75) is 32.2 Å². The number of anilines is 1. The summed E-state index contributed by atoms with van der Waals surface area (Å²) in [5, 5.41) is 5.94. The maximum absolute atomic E-state index is 12.0. The molecule has 2 N–H and O–H groups in total. The molecule has 0 spiro atoms. The Bertz CT molecular complexity index is 470. The van der Waals surface area contributed by atoms with Crippen molar-refractivity contribution in [2.24, 2.45) is 0 Å². The molecule has 0 aliphatic carbocycles. The Morgan fingerprint density at radius 2 is 1.86 bits per heavy atom. The summed E-state index contributed by atoms with van der Waals surface area (Å²) >= 11 is 0. The van der Waals surface area contributed by atoms with Gasteiger partial charge in [0.25, 0.3) is 0 Å². The maximum Gasteiger partial charge on any atom is 0.241 e. The number of para-hydroxylation sites is 1. The number of hydrogen-bond acceptors (Lipinski definition) is 3. The van der Waals surface area contributed by atoms with Crippen LogP contribution in [0.4, 0.5) is 5.69 Å². The Hall–Kier alpha value is -1.88. The summed E-state index contributed by atoms with van der Waals surface area (Å²) in [7, 11) is 0. The number of benzene rings is 1. The van der Waals surface area contributed by atoms with Gasteiger partial charge in [0.2, 0.25) is 11.8 Å². The third-order valence-corrected chi connectivity index (χ3v) is 3.68. The first-order valence-corrected chi connectivity index (χ1v) is 7.54. The van der Waals surface area contributed by atoms with Gasteiger partial charge in [-0.15, -0.1) is 0 Å². The Morgan fingerprint density at radius 3 is 2.52 bits per heavy atom. The molecule has 1 aromatic carbocycles. The van der Waals surface area contributed by atoms with E-state index in [1.165, 1.54) is 0 Å². The number of nitrogens with one attached hydrogen (secondary N) is 2. The van der Waals surface area contributed by atoms with E-state index in [1.807, 2.05) is 35.2 Å². The smallest absolute Gasteiger partial charge is 0.241 e. The third-order valence-electron chi connectivity index (χ3n) is 3.68. The lowest BCUT2D eigenvalue weighted by Gasteiger charge is -2.17. The summed E-state index contributed by atoms with van der Waals surface area (Å²) in [4.78, 5) is 25.7. The molecule has 1 heterocycles. The monoisotopic (exact) mass is 289 g/mol.